The summed E-state index contributed by atoms with van der Waals surface area (Å²) in [7, 11) is 0. The van der Waals surface area contributed by atoms with Gasteiger partial charge in [-0.3, -0.25) is 4.90 Å². The van der Waals surface area contributed by atoms with Crippen molar-refractivity contribution >= 4 is 0 Å². The number of furan rings is 1. The molecule has 1 aromatic heterocycles. The van der Waals surface area contributed by atoms with Crippen LogP contribution in [-0.2, 0) is 6.54 Å². The Bertz CT molecular complexity index is 612. The van der Waals surface area contributed by atoms with Gasteiger partial charge in [0.2, 0.25) is 0 Å². The lowest BCUT2D eigenvalue weighted by atomic mass is 10.1. The van der Waals surface area contributed by atoms with Crippen LogP contribution >= 0.6 is 0 Å². The third kappa shape index (κ3) is 3.34. The van der Waals surface area contributed by atoms with Crippen LogP contribution in [0.1, 0.15) is 48.6 Å². The number of likely N-dealkylation sites (tertiary alicyclic amines) is 1. The standard InChI is InChI=1S/C18H20N2O/c19-13-15-6-4-7-16(12-15)14-20-10-3-1-2-8-17(20)18-9-5-11-21-18/h4-7,9,11-12,17H,1-3,8,10,14H2. The third-order valence-electron chi connectivity index (χ3n) is 4.18. The summed E-state index contributed by atoms with van der Waals surface area (Å²) in [5.41, 5.74) is 1.93. The second-order valence-electron chi connectivity index (χ2n) is 5.66. The zero-order valence-electron chi connectivity index (χ0n) is 12.2. The van der Waals surface area contributed by atoms with Gasteiger partial charge in [0.1, 0.15) is 5.76 Å². The summed E-state index contributed by atoms with van der Waals surface area (Å²) in [6.07, 6.45) is 6.67. The first-order chi connectivity index (χ1) is 10.4. The van der Waals surface area contributed by atoms with Crippen molar-refractivity contribution in [3.05, 3.63) is 59.5 Å². The maximum absolute atomic E-state index is 9.04. The average molecular weight is 280 g/mol. The summed E-state index contributed by atoms with van der Waals surface area (Å²) in [6.45, 7) is 1.96. The molecule has 3 nitrogen and oxygen atoms in total. The zero-order valence-corrected chi connectivity index (χ0v) is 12.2. The van der Waals surface area contributed by atoms with Gasteiger partial charge in [-0.1, -0.05) is 25.0 Å². The molecular formula is C18H20N2O. The van der Waals surface area contributed by atoms with E-state index in [1.54, 1.807) is 6.26 Å². The highest BCUT2D eigenvalue weighted by Gasteiger charge is 2.24. The second-order valence-corrected chi connectivity index (χ2v) is 5.66. The molecule has 0 radical (unpaired) electrons. The molecule has 3 heteroatoms. The van der Waals surface area contributed by atoms with Crippen LogP contribution in [0.25, 0.3) is 0 Å². The number of hydrogen-bond acceptors (Lipinski definition) is 3. The van der Waals surface area contributed by atoms with Gasteiger partial charge < -0.3 is 4.42 Å². The minimum absolute atomic E-state index is 0.355. The summed E-state index contributed by atoms with van der Waals surface area (Å²) in [5, 5.41) is 9.04. The van der Waals surface area contributed by atoms with Crippen LogP contribution in [0.2, 0.25) is 0 Å². The van der Waals surface area contributed by atoms with E-state index in [9.17, 15) is 0 Å². The first-order valence-electron chi connectivity index (χ1n) is 7.63. The predicted octanol–water partition coefficient (Wildman–Crippen LogP) is 4.27. The quantitative estimate of drug-likeness (QED) is 0.843. The van der Waals surface area contributed by atoms with E-state index >= 15 is 0 Å². The monoisotopic (exact) mass is 280 g/mol. The second kappa shape index (κ2) is 6.60. The van der Waals surface area contributed by atoms with Crippen LogP contribution in [0.15, 0.2) is 47.1 Å². The van der Waals surface area contributed by atoms with Crippen molar-refractivity contribution in [2.24, 2.45) is 0 Å². The van der Waals surface area contributed by atoms with E-state index in [-0.39, 0.29) is 0 Å². The summed E-state index contributed by atoms with van der Waals surface area (Å²) < 4.78 is 5.65. The molecule has 1 saturated heterocycles. The average Bonchev–Trinajstić information content (AvgIpc) is 2.95. The molecule has 0 aliphatic carbocycles. The van der Waals surface area contributed by atoms with Crippen molar-refractivity contribution in [1.29, 1.82) is 5.26 Å². The maximum atomic E-state index is 9.04. The fourth-order valence-electron chi connectivity index (χ4n) is 3.13. The van der Waals surface area contributed by atoms with Crippen molar-refractivity contribution < 1.29 is 4.42 Å². The highest BCUT2D eigenvalue weighted by molar-refractivity contribution is 5.32. The molecule has 108 valence electrons. The highest BCUT2D eigenvalue weighted by atomic mass is 16.3. The Morgan fingerprint density at radius 3 is 2.95 bits per heavy atom. The normalized spacial score (nSPS) is 19.9. The summed E-state index contributed by atoms with van der Waals surface area (Å²) >= 11 is 0. The van der Waals surface area contributed by atoms with Gasteiger partial charge in [-0.15, -0.1) is 0 Å². The third-order valence-corrected chi connectivity index (χ3v) is 4.18. The van der Waals surface area contributed by atoms with E-state index in [0.29, 0.717) is 6.04 Å². The van der Waals surface area contributed by atoms with Gasteiger partial charge >= 0.3 is 0 Å². The molecule has 1 aliphatic rings. The van der Waals surface area contributed by atoms with E-state index in [4.69, 9.17) is 9.68 Å². The lowest BCUT2D eigenvalue weighted by Crippen LogP contribution is -2.27. The molecule has 2 aromatic rings. The highest BCUT2D eigenvalue weighted by Crippen LogP contribution is 2.31. The Kier molecular flexibility index (Phi) is 4.37. The fourth-order valence-corrected chi connectivity index (χ4v) is 3.13. The Labute approximate surface area is 125 Å². The molecule has 21 heavy (non-hydrogen) atoms. The maximum Gasteiger partial charge on any atom is 0.120 e. The minimum atomic E-state index is 0.355. The van der Waals surface area contributed by atoms with Gasteiger partial charge in [0.25, 0.3) is 0 Å². The van der Waals surface area contributed by atoms with Crippen LogP contribution in [0.5, 0.6) is 0 Å². The molecule has 1 aromatic carbocycles. The molecular weight excluding hydrogens is 260 g/mol. The van der Waals surface area contributed by atoms with E-state index in [2.05, 4.69) is 23.1 Å². The molecule has 1 unspecified atom stereocenters. The van der Waals surface area contributed by atoms with E-state index in [0.717, 1.165) is 30.8 Å². The molecule has 2 heterocycles. The molecule has 1 fully saturated rings. The van der Waals surface area contributed by atoms with Crippen molar-refractivity contribution in [3.8, 4) is 6.07 Å². The van der Waals surface area contributed by atoms with Crippen LogP contribution in [0, 0.1) is 11.3 Å². The Balaban J connectivity index is 1.81. The molecule has 0 N–H and O–H groups in total. The smallest absolute Gasteiger partial charge is 0.120 e. The number of nitriles is 1. The largest absolute Gasteiger partial charge is 0.468 e. The van der Waals surface area contributed by atoms with Crippen molar-refractivity contribution in [1.82, 2.24) is 4.90 Å². The summed E-state index contributed by atoms with van der Waals surface area (Å²) in [5.74, 6) is 1.06. The first-order valence-corrected chi connectivity index (χ1v) is 7.63. The molecule has 0 bridgehead atoms. The van der Waals surface area contributed by atoms with E-state index in [1.165, 1.54) is 24.8 Å². The van der Waals surface area contributed by atoms with Crippen molar-refractivity contribution in [3.63, 3.8) is 0 Å². The number of rotatable bonds is 3. The SMILES string of the molecule is N#Cc1cccc(CN2CCCCCC2c2ccco2)c1. The molecule has 3 rings (SSSR count). The van der Waals surface area contributed by atoms with Gasteiger partial charge in [-0.2, -0.15) is 5.26 Å². The fraction of sp³-hybridized carbons (Fsp3) is 0.389. The molecule has 0 amide bonds. The zero-order chi connectivity index (χ0) is 14.5. The Hall–Kier alpha value is -2.05. The topological polar surface area (TPSA) is 40.2 Å². The van der Waals surface area contributed by atoms with Crippen LogP contribution in [0.4, 0.5) is 0 Å². The molecule has 0 spiro atoms. The predicted molar refractivity (Wildman–Crippen MR) is 81.5 cm³/mol. The molecule has 0 saturated carbocycles. The van der Waals surface area contributed by atoms with E-state index in [1.807, 2.05) is 24.3 Å². The lowest BCUT2D eigenvalue weighted by molar-refractivity contribution is 0.169. The van der Waals surface area contributed by atoms with Gasteiger partial charge in [0.15, 0.2) is 0 Å². The van der Waals surface area contributed by atoms with Gasteiger partial charge in [0, 0.05) is 6.54 Å². The lowest BCUT2D eigenvalue weighted by Gasteiger charge is -2.28. The Morgan fingerprint density at radius 2 is 2.14 bits per heavy atom. The Morgan fingerprint density at radius 1 is 1.19 bits per heavy atom. The van der Waals surface area contributed by atoms with Gasteiger partial charge in [-0.25, -0.2) is 0 Å². The van der Waals surface area contributed by atoms with Crippen LogP contribution < -0.4 is 0 Å². The summed E-state index contributed by atoms with van der Waals surface area (Å²) in [6, 6.07) is 14.5. The van der Waals surface area contributed by atoms with Gasteiger partial charge in [0.05, 0.1) is 23.9 Å². The van der Waals surface area contributed by atoms with Crippen molar-refractivity contribution in [2.45, 2.75) is 38.3 Å². The summed E-state index contributed by atoms with van der Waals surface area (Å²) in [4.78, 5) is 2.49. The van der Waals surface area contributed by atoms with Crippen LogP contribution in [-0.4, -0.2) is 11.4 Å². The van der Waals surface area contributed by atoms with Crippen molar-refractivity contribution in [2.75, 3.05) is 6.54 Å². The molecule has 1 atom stereocenters. The number of benzene rings is 1. The van der Waals surface area contributed by atoms with Crippen LogP contribution in [0.3, 0.4) is 0 Å². The minimum Gasteiger partial charge on any atom is -0.468 e. The number of nitrogens with zero attached hydrogens (tertiary/aromatic N) is 2. The van der Waals surface area contributed by atoms with Gasteiger partial charge in [-0.05, 0) is 49.2 Å². The first kappa shape index (κ1) is 13.9. The number of hydrogen-bond donors (Lipinski definition) is 0. The molecule has 1 aliphatic heterocycles. The van der Waals surface area contributed by atoms with E-state index < -0.39 is 0 Å².